The van der Waals surface area contributed by atoms with Crippen molar-refractivity contribution < 1.29 is 8.78 Å². The van der Waals surface area contributed by atoms with Crippen molar-refractivity contribution in [2.75, 3.05) is 6.54 Å². The van der Waals surface area contributed by atoms with Crippen molar-refractivity contribution in [2.45, 2.75) is 19.9 Å². The van der Waals surface area contributed by atoms with Crippen molar-refractivity contribution in [3.8, 4) is 11.1 Å². The lowest BCUT2D eigenvalue weighted by Crippen LogP contribution is -2.18. The summed E-state index contributed by atoms with van der Waals surface area (Å²) in [7, 11) is 0. The first kappa shape index (κ1) is 15.1. The van der Waals surface area contributed by atoms with E-state index < -0.39 is 11.6 Å². The lowest BCUT2D eigenvalue weighted by Gasteiger charge is -2.18. The highest BCUT2D eigenvalue weighted by molar-refractivity contribution is 9.10. The van der Waals surface area contributed by atoms with Crippen LogP contribution in [0, 0.1) is 11.6 Å². The molecule has 20 heavy (non-hydrogen) atoms. The Morgan fingerprint density at radius 2 is 1.85 bits per heavy atom. The zero-order chi connectivity index (χ0) is 14.7. The van der Waals surface area contributed by atoms with Crippen LogP contribution in [0.5, 0.6) is 0 Å². The van der Waals surface area contributed by atoms with Crippen LogP contribution in [0.4, 0.5) is 8.78 Å². The fourth-order valence-corrected chi connectivity index (χ4v) is 2.62. The predicted octanol–water partition coefficient (Wildman–Crippen LogP) is 5.06. The van der Waals surface area contributed by atoms with Crippen molar-refractivity contribution in [1.82, 2.24) is 5.32 Å². The third kappa shape index (κ3) is 2.91. The number of rotatable bonds is 4. The average molecular weight is 340 g/mol. The van der Waals surface area contributed by atoms with Gasteiger partial charge in [-0.05, 0) is 52.7 Å². The summed E-state index contributed by atoms with van der Waals surface area (Å²) < 4.78 is 28.6. The minimum absolute atomic E-state index is 0.0136. The predicted molar refractivity (Wildman–Crippen MR) is 81.6 cm³/mol. The van der Waals surface area contributed by atoms with Gasteiger partial charge in [-0.15, -0.1) is 0 Å². The maximum atomic E-state index is 14.3. The molecular weight excluding hydrogens is 324 g/mol. The number of halogens is 3. The monoisotopic (exact) mass is 339 g/mol. The molecule has 106 valence electrons. The number of nitrogens with one attached hydrogen (secondary N) is 1. The highest BCUT2D eigenvalue weighted by atomic mass is 79.9. The Bertz CT molecular complexity index is 613. The fraction of sp³-hybridized carbons (Fsp3) is 0.250. The van der Waals surface area contributed by atoms with Crippen LogP contribution < -0.4 is 5.32 Å². The van der Waals surface area contributed by atoms with E-state index >= 15 is 0 Å². The van der Waals surface area contributed by atoms with E-state index in [4.69, 9.17) is 0 Å². The van der Waals surface area contributed by atoms with E-state index in [-0.39, 0.29) is 16.1 Å². The van der Waals surface area contributed by atoms with Gasteiger partial charge in [0, 0.05) is 6.04 Å². The number of hydrogen-bond donors (Lipinski definition) is 1. The minimum atomic E-state index is -0.568. The third-order valence-electron chi connectivity index (χ3n) is 3.25. The molecular formula is C16H16BrF2N. The van der Waals surface area contributed by atoms with E-state index in [1.807, 2.05) is 26.0 Å². The van der Waals surface area contributed by atoms with Crippen LogP contribution in [0.1, 0.15) is 25.5 Å². The van der Waals surface area contributed by atoms with Gasteiger partial charge in [-0.25, -0.2) is 8.78 Å². The van der Waals surface area contributed by atoms with Gasteiger partial charge in [0.25, 0.3) is 0 Å². The van der Waals surface area contributed by atoms with Crippen LogP contribution in [-0.4, -0.2) is 6.54 Å². The van der Waals surface area contributed by atoms with E-state index in [2.05, 4.69) is 21.2 Å². The maximum absolute atomic E-state index is 14.3. The largest absolute Gasteiger partial charge is 0.310 e. The molecule has 0 bridgehead atoms. The zero-order valence-corrected chi connectivity index (χ0v) is 13.0. The topological polar surface area (TPSA) is 12.0 Å². The SMILES string of the molecule is CCNC(C)c1ccccc1-c1c(F)ccc(Br)c1F. The summed E-state index contributed by atoms with van der Waals surface area (Å²) in [4.78, 5) is 0. The second-order valence-electron chi connectivity index (χ2n) is 4.58. The van der Waals surface area contributed by atoms with Gasteiger partial charge < -0.3 is 5.32 Å². The quantitative estimate of drug-likeness (QED) is 0.767. The first-order valence-corrected chi connectivity index (χ1v) is 7.31. The van der Waals surface area contributed by atoms with Crippen molar-refractivity contribution >= 4 is 15.9 Å². The van der Waals surface area contributed by atoms with Crippen molar-refractivity contribution in [3.05, 3.63) is 58.1 Å². The summed E-state index contributed by atoms with van der Waals surface area (Å²) in [5, 5.41) is 3.27. The molecule has 1 atom stereocenters. The van der Waals surface area contributed by atoms with Gasteiger partial charge in [0.2, 0.25) is 0 Å². The molecule has 0 aliphatic heterocycles. The van der Waals surface area contributed by atoms with Gasteiger partial charge in [0.05, 0.1) is 10.0 Å². The number of hydrogen-bond acceptors (Lipinski definition) is 1. The smallest absolute Gasteiger partial charge is 0.148 e. The lowest BCUT2D eigenvalue weighted by atomic mass is 9.95. The Hall–Kier alpha value is -1.26. The molecule has 0 amide bonds. The van der Waals surface area contributed by atoms with Crippen LogP contribution in [0.15, 0.2) is 40.9 Å². The minimum Gasteiger partial charge on any atom is -0.310 e. The molecule has 1 unspecified atom stereocenters. The Labute approximate surface area is 126 Å². The van der Waals surface area contributed by atoms with Gasteiger partial charge in [-0.1, -0.05) is 31.2 Å². The Balaban J connectivity index is 2.62. The van der Waals surface area contributed by atoms with Crippen LogP contribution in [0.3, 0.4) is 0 Å². The normalized spacial score (nSPS) is 12.4. The molecule has 0 saturated heterocycles. The molecule has 0 radical (unpaired) electrons. The van der Waals surface area contributed by atoms with E-state index in [0.717, 1.165) is 12.1 Å². The third-order valence-corrected chi connectivity index (χ3v) is 3.86. The summed E-state index contributed by atoms with van der Waals surface area (Å²) >= 11 is 3.11. The maximum Gasteiger partial charge on any atom is 0.148 e. The molecule has 0 aromatic heterocycles. The molecule has 2 aromatic rings. The Morgan fingerprint density at radius 3 is 2.55 bits per heavy atom. The van der Waals surface area contributed by atoms with Gasteiger partial charge >= 0.3 is 0 Å². The lowest BCUT2D eigenvalue weighted by molar-refractivity contribution is 0.579. The summed E-state index contributed by atoms with van der Waals surface area (Å²) in [5.41, 5.74) is 1.47. The highest BCUT2D eigenvalue weighted by Crippen LogP contribution is 2.34. The second kappa shape index (κ2) is 6.46. The summed E-state index contributed by atoms with van der Waals surface area (Å²) in [5.74, 6) is -1.12. The molecule has 0 fully saturated rings. The van der Waals surface area contributed by atoms with E-state index in [1.165, 1.54) is 12.1 Å². The van der Waals surface area contributed by atoms with Gasteiger partial charge in [0.15, 0.2) is 0 Å². The molecule has 2 rings (SSSR count). The first-order chi connectivity index (χ1) is 9.56. The van der Waals surface area contributed by atoms with Crippen molar-refractivity contribution in [1.29, 1.82) is 0 Å². The van der Waals surface area contributed by atoms with Crippen LogP contribution in [0.2, 0.25) is 0 Å². The van der Waals surface area contributed by atoms with E-state index in [9.17, 15) is 8.78 Å². The highest BCUT2D eigenvalue weighted by Gasteiger charge is 2.19. The first-order valence-electron chi connectivity index (χ1n) is 6.52. The summed E-state index contributed by atoms with van der Waals surface area (Å²) in [6.45, 7) is 4.77. The van der Waals surface area contributed by atoms with Crippen LogP contribution in [-0.2, 0) is 0 Å². The second-order valence-corrected chi connectivity index (χ2v) is 5.44. The molecule has 0 spiro atoms. The molecule has 0 heterocycles. The van der Waals surface area contributed by atoms with Crippen molar-refractivity contribution in [2.24, 2.45) is 0 Å². The summed E-state index contributed by atoms with van der Waals surface area (Å²) in [6, 6.07) is 9.98. The van der Waals surface area contributed by atoms with Gasteiger partial charge in [-0.3, -0.25) is 0 Å². The zero-order valence-electron chi connectivity index (χ0n) is 11.4. The molecule has 0 saturated carbocycles. The van der Waals surface area contributed by atoms with Gasteiger partial charge in [0.1, 0.15) is 11.6 Å². The molecule has 0 aliphatic rings. The Morgan fingerprint density at radius 1 is 1.15 bits per heavy atom. The molecule has 0 aliphatic carbocycles. The Kier molecular flexibility index (Phi) is 4.89. The standard InChI is InChI=1S/C16H16BrF2N/c1-3-20-10(2)11-6-4-5-7-12(11)15-14(18)9-8-13(17)16(15)19/h4-10,20H,3H2,1-2H3. The molecule has 2 aromatic carbocycles. The van der Waals surface area contributed by atoms with Gasteiger partial charge in [-0.2, -0.15) is 0 Å². The summed E-state index contributed by atoms with van der Waals surface area (Å²) in [6.07, 6.45) is 0. The molecule has 4 heteroatoms. The van der Waals surface area contributed by atoms with E-state index in [0.29, 0.717) is 5.56 Å². The number of benzene rings is 2. The van der Waals surface area contributed by atoms with E-state index in [1.54, 1.807) is 12.1 Å². The fourth-order valence-electron chi connectivity index (χ4n) is 2.29. The van der Waals surface area contributed by atoms with Crippen molar-refractivity contribution in [3.63, 3.8) is 0 Å². The molecule has 1 N–H and O–H groups in total. The average Bonchev–Trinajstić information content (AvgIpc) is 2.44. The molecule has 1 nitrogen and oxygen atoms in total. The van der Waals surface area contributed by atoms with Crippen LogP contribution in [0.25, 0.3) is 11.1 Å². The van der Waals surface area contributed by atoms with Crippen LogP contribution >= 0.6 is 15.9 Å².